The van der Waals surface area contributed by atoms with Gasteiger partial charge in [0.25, 0.3) is 0 Å². The number of rotatable bonds is 4. The third-order valence-corrected chi connectivity index (χ3v) is 2.39. The molecule has 0 aromatic carbocycles. The number of aromatic nitrogens is 4. The Morgan fingerprint density at radius 1 is 1.38 bits per heavy atom. The lowest BCUT2D eigenvalue weighted by molar-refractivity contribution is 0.397. The van der Waals surface area contributed by atoms with Crippen LogP contribution in [0.25, 0.3) is 11.4 Å². The first-order chi connectivity index (χ1) is 7.77. The van der Waals surface area contributed by atoms with Gasteiger partial charge in [0.2, 0.25) is 5.95 Å². The molecule has 0 aliphatic carbocycles. The number of nitrogens with one attached hydrogen (secondary N) is 1. The topological polar surface area (TPSA) is 68.8 Å². The lowest BCUT2D eigenvalue weighted by atomic mass is 10.2. The Balaban J connectivity index is 2.46. The van der Waals surface area contributed by atoms with Gasteiger partial charge in [-0.25, -0.2) is 0 Å². The van der Waals surface area contributed by atoms with Gasteiger partial charge in [0.15, 0.2) is 5.82 Å². The van der Waals surface area contributed by atoms with Crippen molar-refractivity contribution in [1.82, 2.24) is 19.9 Å². The van der Waals surface area contributed by atoms with Crippen LogP contribution < -0.4 is 5.32 Å². The van der Waals surface area contributed by atoms with Crippen LogP contribution in [0.4, 0.5) is 5.95 Å². The second kappa shape index (κ2) is 4.34. The van der Waals surface area contributed by atoms with Gasteiger partial charge in [-0.05, 0) is 20.8 Å². The number of anilines is 1. The first kappa shape index (κ1) is 10.7. The maximum Gasteiger partial charge on any atom is 0.224 e. The Labute approximate surface area is 93.7 Å². The van der Waals surface area contributed by atoms with Crippen LogP contribution in [0.3, 0.4) is 0 Å². The van der Waals surface area contributed by atoms with Gasteiger partial charge >= 0.3 is 0 Å². The Kier molecular flexibility index (Phi) is 2.89. The van der Waals surface area contributed by atoms with Gasteiger partial charge in [0.1, 0.15) is 5.76 Å². The fourth-order valence-corrected chi connectivity index (χ4v) is 1.60. The van der Waals surface area contributed by atoms with Gasteiger partial charge in [-0.15, -0.1) is 10.2 Å². The molecular weight excluding hydrogens is 206 g/mol. The average molecular weight is 221 g/mol. The molecule has 0 bridgehead atoms. The molecule has 0 fully saturated rings. The minimum Gasteiger partial charge on any atom is -0.361 e. The van der Waals surface area contributed by atoms with E-state index >= 15 is 0 Å². The molecule has 0 amide bonds. The standard InChI is InChI=1S/C10H15N5O/c1-4-11-10-14-13-9(15(10)5-2)8-6-12-16-7(8)3/h6H,4-5H2,1-3H3,(H,11,14). The molecule has 86 valence electrons. The molecule has 2 aromatic rings. The van der Waals surface area contributed by atoms with Crippen molar-refractivity contribution in [2.45, 2.75) is 27.3 Å². The Bertz CT molecular complexity index is 473. The molecule has 6 nitrogen and oxygen atoms in total. The van der Waals surface area contributed by atoms with Crippen LogP contribution >= 0.6 is 0 Å². The van der Waals surface area contributed by atoms with Gasteiger partial charge in [0.05, 0.1) is 11.8 Å². The highest BCUT2D eigenvalue weighted by atomic mass is 16.5. The average Bonchev–Trinajstić information content (AvgIpc) is 2.84. The van der Waals surface area contributed by atoms with E-state index in [0.717, 1.165) is 36.2 Å². The van der Waals surface area contributed by atoms with E-state index in [4.69, 9.17) is 4.52 Å². The zero-order chi connectivity index (χ0) is 11.5. The van der Waals surface area contributed by atoms with E-state index in [-0.39, 0.29) is 0 Å². The zero-order valence-electron chi connectivity index (χ0n) is 9.69. The zero-order valence-corrected chi connectivity index (χ0v) is 9.69. The fourth-order valence-electron chi connectivity index (χ4n) is 1.60. The summed E-state index contributed by atoms with van der Waals surface area (Å²) in [5.41, 5.74) is 0.888. The van der Waals surface area contributed by atoms with E-state index in [1.807, 2.05) is 18.4 Å². The van der Waals surface area contributed by atoms with Crippen LogP contribution in [-0.2, 0) is 6.54 Å². The third-order valence-electron chi connectivity index (χ3n) is 2.39. The summed E-state index contributed by atoms with van der Waals surface area (Å²) in [4.78, 5) is 0. The lowest BCUT2D eigenvalue weighted by Gasteiger charge is -2.06. The highest BCUT2D eigenvalue weighted by Crippen LogP contribution is 2.23. The summed E-state index contributed by atoms with van der Waals surface area (Å²) in [6.45, 7) is 7.57. The monoisotopic (exact) mass is 221 g/mol. The van der Waals surface area contributed by atoms with Crippen LogP contribution in [0, 0.1) is 6.92 Å². The van der Waals surface area contributed by atoms with Crippen LogP contribution in [0.15, 0.2) is 10.7 Å². The highest BCUT2D eigenvalue weighted by molar-refractivity contribution is 5.58. The molecule has 1 N–H and O–H groups in total. The summed E-state index contributed by atoms with van der Waals surface area (Å²) in [6.07, 6.45) is 1.67. The maximum absolute atomic E-state index is 5.04. The molecule has 2 rings (SSSR count). The SMILES string of the molecule is CCNc1nnc(-c2cnoc2C)n1CC. The van der Waals surface area contributed by atoms with Crippen LogP contribution in [-0.4, -0.2) is 26.5 Å². The molecule has 0 unspecified atom stereocenters. The minimum absolute atomic E-state index is 0.755. The van der Waals surface area contributed by atoms with Crippen molar-refractivity contribution in [1.29, 1.82) is 0 Å². The van der Waals surface area contributed by atoms with Crippen molar-refractivity contribution in [3.05, 3.63) is 12.0 Å². The van der Waals surface area contributed by atoms with E-state index in [2.05, 4.69) is 27.6 Å². The van der Waals surface area contributed by atoms with E-state index in [1.165, 1.54) is 0 Å². The molecule has 6 heteroatoms. The molecule has 0 radical (unpaired) electrons. The lowest BCUT2D eigenvalue weighted by Crippen LogP contribution is -2.06. The number of nitrogens with zero attached hydrogens (tertiary/aromatic N) is 4. The smallest absolute Gasteiger partial charge is 0.224 e. The molecule has 0 saturated heterocycles. The highest BCUT2D eigenvalue weighted by Gasteiger charge is 2.16. The van der Waals surface area contributed by atoms with Crippen molar-refractivity contribution in [3.8, 4) is 11.4 Å². The van der Waals surface area contributed by atoms with E-state index in [9.17, 15) is 0 Å². The van der Waals surface area contributed by atoms with E-state index < -0.39 is 0 Å². The quantitative estimate of drug-likeness (QED) is 0.850. The fraction of sp³-hybridized carbons (Fsp3) is 0.500. The number of hydrogen-bond donors (Lipinski definition) is 1. The summed E-state index contributed by atoms with van der Waals surface area (Å²) in [5, 5.41) is 15.2. The largest absolute Gasteiger partial charge is 0.361 e. The molecule has 2 aromatic heterocycles. The molecular formula is C10H15N5O. The van der Waals surface area contributed by atoms with Crippen LogP contribution in [0.5, 0.6) is 0 Å². The summed E-state index contributed by atoms with van der Waals surface area (Å²) in [5.74, 6) is 2.32. The normalized spacial score (nSPS) is 10.7. The Hall–Kier alpha value is -1.85. The molecule has 0 spiro atoms. The van der Waals surface area contributed by atoms with Gasteiger partial charge in [-0.1, -0.05) is 5.16 Å². The van der Waals surface area contributed by atoms with Gasteiger partial charge in [-0.2, -0.15) is 0 Å². The first-order valence-corrected chi connectivity index (χ1v) is 5.36. The Morgan fingerprint density at radius 3 is 2.75 bits per heavy atom. The van der Waals surface area contributed by atoms with Gasteiger partial charge in [0, 0.05) is 13.1 Å². The van der Waals surface area contributed by atoms with Crippen molar-refractivity contribution in [3.63, 3.8) is 0 Å². The summed E-state index contributed by atoms with van der Waals surface area (Å²) in [7, 11) is 0. The summed E-state index contributed by atoms with van der Waals surface area (Å²) >= 11 is 0. The molecule has 2 heterocycles. The minimum atomic E-state index is 0.755. The van der Waals surface area contributed by atoms with E-state index in [0.29, 0.717) is 0 Å². The van der Waals surface area contributed by atoms with E-state index in [1.54, 1.807) is 6.20 Å². The molecule has 0 saturated carbocycles. The van der Waals surface area contributed by atoms with Gasteiger partial charge in [-0.3, -0.25) is 4.57 Å². The molecule has 0 atom stereocenters. The predicted molar refractivity (Wildman–Crippen MR) is 60.1 cm³/mol. The second-order valence-corrected chi connectivity index (χ2v) is 3.42. The summed E-state index contributed by atoms with van der Waals surface area (Å²) in [6, 6.07) is 0. The summed E-state index contributed by atoms with van der Waals surface area (Å²) < 4.78 is 7.04. The van der Waals surface area contributed by atoms with Crippen molar-refractivity contribution in [2.24, 2.45) is 0 Å². The first-order valence-electron chi connectivity index (χ1n) is 5.36. The van der Waals surface area contributed by atoms with Crippen molar-refractivity contribution in [2.75, 3.05) is 11.9 Å². The van der Waals surface area contributed by atoms with Crippen LogP contribution in [0.2, 0.25) is 0 Å². The molecule has 0 aliphatic rings. The number of hydrogen-bond acceptors (Lipinski definition) is 5. The number of aryl methyl sites for hydroxylation is 1. The van der Waals surface area contributed by atoms with Crippen molar-refractivity contribution < 1.29 is 4.52 Å². The Morgan fingerprint density at radius 2 is 2.19 bits per heavy atom. The third kappa shape index (κ3) is 1.66. The van der Waals surface area contributed by atoms with Crippen LogP contribution in [0.1, 0.15) is 19.6 Å². The molecule has 16 heavy (non-hydrogen) atoms. The van der Waals surface area contributed by atoms with Gasteiger partial charge < -0.3 is 9.84 Å². The maximum atomic E-state index is 5.04. The second-order valence-electron chi connectivity index (χ2n) is 3.42. The van der Waals surface area contributed by atoms with Crippen molar-refractivity contribution >= 4 is 5.95 Å². The predicted octanol–water partition coefficient (Wildman–Crippen LogP) is 1.69. The molecule has 0 aliphatic heterocycles.